The van der Waals surface area contributed by atoms with E-state index in [1.165, 1.54) is 12.1 Å². The van der Waals surface area contributed by atoms with E-state index < -0.39 is 21.3 Å². The third kappa shape index (κ3) is 5.22. The van der Waals surface area contributed by atoms with Gasteiger partial charge in [-0.2, -0.15) is 0 Å². The van der Waals surface area contributed by atoms with Crippen LogP contribution in [-0.4, -0.2) is 30.5 Å². The van der Waals surface area contributed by atoms with Gasteiger partial charge in [-0.15, -0.1) is 0 Å². The van der Waals surface area contributed by atoms with E-state index in [0.717, 1.165) is 27.8 Å². The van der Waals surface area contributed by atoms with E-state index in [4.69, 9.17) is 5.73 Å². The molecule has 1 aliphatic carbocycles. The largest absolute Gasteiger partial charge is 0.392 e. The van der Waals surface area contributed by atoms with Crippen LogP contribution in [0.1, 0.15) is 49.7 Å². The summed E-state index contributed by atoms with van der Waals surface area (Å²) in [5.74, 6) is -0.995. The number of nitrogens with one attached hydrogen (secondary N) is 2. The van der Waals surface area contributed by atoms with Crippen molar-refractivity contribution in [1.82, 2.24) is 9.71 Å². The topological polar surface area (TPSA) is 125 Å². The van der Waals surface area contributed by atoms with Gasteiger partial charge in [-0.25, -0.2) is 17.5 Å². The predicted octanol–water partition coefficient (Wildman–Crippen LogP) is 4.96. The minimum atomic E-state index is -3.82. The van der Waals surface area contributed by atoms with Gasteiger partial charge in [-0.3, -0.25) is 4.79 Å². The maximum atomic E-state index is 13.4. The average Bonchev–Trinajstić information content (AvgIpc) is 3.37. The molecule has 1 aromatic heterocycles. The summed E-state index contributed by atoms with van der Waals surface area (Å²) in [7, 11) is -3.82. The molecule has 9 heteroatoms. The van der Waals surface area contributed by atoms with Crippen molar-refractivity contribution in [1.29, 1.82) is 0 Å². The van der Waals surface area contributed by atoms with Crippen LogP contribution >= 0.6 is 0 Å². The molecule has 0 aliphatic heterocycles. The van der Waals surface area contributed by atoms with Gasteiger partial charge in [0.15, 0.2) is 0 Å². The van der Waals surface area contributed by atoms with Crippen molar-refractivity contribution in [2.75, 3.05) is 0 Å². The van der Waals surface area contributed by atoms with Crippen molar-refractivity contribution in [3.8, 4) is 11.3 Å². The van der Waals surface area contributed by atoms with Gasteiger partial charge in [-0.1, -0.05) is 49.4 Å². The number of aliphatic hydroxyl groups is 1. The van der Waals surface area contributed by atoms with Crippen molar-refractivity contribution in [2.24, 2.45) is 11.1 Å². The number of sulfonamides is 1. The molecule has 204 valence electrons. The van der Waals surface area contributed by atoms with Gasteiger partial charge in [-0.05, 0) is 73.1 Å². The van der Waals surface area contributed by atoms with Gasteiger partial charge in [0, 0.05) is 28.2 Å². The lowest BCUT2D eigenvalue weighted by Crippen LogP contribution is -2.48. The first-order chi connectivity index (χ1) is 18.6. The lowest BCUT2D eigenvalue weighted by Gasteiger charge is -2.42. The van der Waals surface area contributed by atoms with Crippen molar-refractivity contribution in [3.05, 3.63) is 89.7 Å². The molecule has 5 rings (SSSR count). The molecule has 0 unspecified atom stereocenters. The monoisotopic (exact) mass is 549 g/mol. The number of hydrogen-bond acceptors (Lipinski definition) is 4. The van der Waals surface area contributed by atoms with E-state index in [9.17, 15) is 22.7 Å². The number of carbonyl (C=O) groups is 1. The maximum Gasteiger partial charge on any atom is 0.240 e. The summed E-state index contributed by atoms with van der Waals surface area (Å²) in [5.41, 5.74) is 8.97. The quantitative estimate of drug-likeness (QED) is 0.248. The molecule has 0 radical (unpaired) electrons. The number of amides is 1. The van der Waals surface area contributed by atoms with Crippen LogP contribution in [0.15, 0.2) is 77.7 Å². The van der Waals surface area contributed by atoms with Gasteiger partial charge in [0.25, 0.3) is 0 Å². The highest BCUT2D eigenvalue weighted by Gasteiger charge is 2.45. The van der Waals surface area contributed by atoms with E-state index in [-0.39, 0.29) is 29.3 Å². The minimum absolute atomic E-state index is 0.101. The third-order valence-electron chi connectivity index (χ3n) is 8.27. The number of aliphatic hydroxyl groups excluding tert-OH is 1. The molecular weight excluding hydrogens is 517 g/mol. The summed E-state index contributed by atoms with van der Waals surface area (Å²) in [6.07, 6.45) is 1.77. The Hall–Kier alpha value is -3.53. The Balaban J connectivity index is 1.32. The Morgan fingerprint density at radius 3 is 2.46 bits per heavy atom. The smallest absolute Gasteiger partial charge is 0.240 e. The summed E-state index contributed by atoms with van der Waals surface area (Å²) in [5, 5.41) is 10.5. The fourth-order valence-corrected chi connectivity index (χ4v) is 7.17. The van der Waals surface area contributed by atoms with Gasteiger partial charge >= 0.3 is 0 Å². The van der Waals surface area contributed by atoms with E-state index >= 15 is 0 Å². The zero-order chi connectivity index (χ0) is 27.8. The molecule has 1 saturated carbocycles. The second-order valence-electron chi connectivity index (χ2n) is 10.4. The first kappa shape index (κ1) is 27.1. The van der Waals surface area contributed by atoms with Gasteiger partial charge in [0.2, 0.25) is 15.9 Å². The normalized spacial score (nSPS) is 20.6. The lowest BCUT2D eigenvalue weighted by molar-refractivity contribution is -0.131. The average molecular weight is 550 g/mol. The third-order valence-corrected chi connectivity index (χ3v) is 9.79. The highest BCUT2D eigenvalue weighted by Crippen LogP contribution is 2.47. The van der Waals surface area contributed by atoms with Crippen LogP contribution in [0.5, 0.6) is 0 Å². The number of carbonyl (C=O) groups excluding carboxylic acids is 1. The Kier molecular flexibility index (Phi) is 7.33. The fourth-order valence-electron chi connectivity index (χ4n) is 5.84. The molecule has 1 aliphatic rings. The Morgan fingerprint density at radius 1 is 1.10 bits per heavy atom. The van der Waals surface area contributed by atoms with Crippen LogP contribution in [-0.2, 0) is 21.4 Å². The van der Waals surface area contributed by atoms with Crippen LogP contribution in [0.25, 0.3) is 22.2 Å². The van der Waals surface area contributed by atoms with Crippen LogP contribution in [0.3, 0.4) is 0 Å². The minimum Gasteiger partial charge on any atom is -0.392 e. The number of benzene rings is 3. The Bertz CT molecular complexity index is 1610. The molecule has 1 heterocycles. The lowest BCUT2D eigenvalue weighted by atomic mass is 9.63. The first-order valence-electron chi connectivity index (χ1n) is 13.0. The molecule has 1 amide bonds. The predicted molar refractivity (Wildman–Crippen MR) is 149 cm³/mol. The summed E-state index contributed by atoms with van der Waals surface area (Å²) in [4.78, 5) is 16.1. The van der Waals surface area contributed by atoms with Crippen molar-refractivity contribution in [2.45, 2.75) is 56.1 Å². The molecule has 1 fully saturated rings. The number of aromatic nitrogens is 1. The van der Waals surface area contributed by atoms with Crippen LogP contribution in [0, 0.1) is 11.2 Å². The number of fused-ring (bicyclic) bond motifs is 1. The standard InChI is InChI=1S/C30H32FN3O4S/c1-19(20-6-9-23(31)10-7-20)30(29(32)36)14-12-24(13-15-30)34-39(37,38)25-11-8-21-16-28(33-27(21)17-25)26-5-3-2-4-22(26)18-35/h2-11,16-17,19,24,33-35H,12-15,18H2,1H3,(H2,32,36)/t19-,24?,30?/m1/s1. The Labute approximate surface area is 227 Å². The van der Waals surface area contributed by atoms with E-state index in [2.05, 4.69) is 9.71 Å². The van der Waals surface area contributed by atoms with Gasteiger partial charge in [0.05, 0.1) is 16.9 Å². The number of hydrogen-bond donors (Lipinski definition) is 4. The van der Waals surface area contributed by atoms with Crippen molar-refractivity contribution >= 4 is 26.8 Å². The molecule has 0 spiro atoms. The van der Waals surface area contributed by atoms with Gasteiger partial charge in [0.1, 0.15) is 5.82 Å². The summed E-state index contributed by atoms with van der Waals surface area (Å²) >= 11 is 0. The molecule has 0 bridgehead atoms. The molecule has 39 heavy (non-hydrogen) atoms. The second-order valence-corrected chi connectivity index (χ2v) is 12.2. The molecule has 0 saturated heterocycles. The zero-order valence-electron chi connectivity index (χ0n) is 21.7. The highest BCUT2D eigenvalue weighted by molar-refractivity contribution is 7.89. The Morgan fingerprint density at radius 2 is 1.79 bits per heavy atom. The summed E-state index contributed by atoms with van der Waals surface area (Å²) in [6, 6.07) is 20.1. The number of H-pyrrole nitrogens is 1. The zero-order valence-corrected chi connectivity index (χ0v) is 22.5. The molecule has 1 atom stereocenters. The molecule has 3 aromatic carbocycles. The van der Waals surface area contributed by atoms with E-state index in [0.29, 0.717) is 31.2 Å². The number of primary amides is 1. The van der Waals surface area contributed by atoms with Gasteiger partial charge < -0.3 is 15.8 Å². The number of nitrogens with two attached hydrogens (primary N) is 1. The first-order valence-corrected chi connectivity index (χ1v) is 14.5. The highest BCUT2D eigenvalue weighted by atomic mass is 32.2. The van der Waals surface area contributed by atoms with Crippen molar-refractivity contribution in [3.63, 3.8) is 0 Å². The maximum absolute atomic E-state index is 13.4. The molecule has 7 nitrogen and oxygen atoms in total. The molecule has 4 aromatic rings. The number of aromatic amines is 1. The van der Waals surface area contributed by atoms with Crippen molar-refractivity contribution < 1.29 is 22.7 Å². The second kappa shape index (κ2) is 10.6. The molecule has 5 N–H and O–H groups in total. The van der Waals surface area contributed by atoms with E-state index in [1.54, 1.807) is 30.3 Å². The molecular formula is C30H32FN3O4S. The van der Waals surface area contributed by atoms with Crippen LogP contribution in [0.2, 0.25) is 0 Å². The summed E-state index contributed by atoms with van der Waals surface area (Å²) < 4.78 is 42.9. The number of rotatable bonds is 8. The fraction of sp³-hybridized carbons (Fsp3) is 0.300. The van der Waals surface area contributed by atoms with Crippen LogP contribution in [0.4, 0.5) is 4.39 Å². The summed E-state index contributed by atoms with van der Waals surface area (Å²) in [6.45, 7) is 1.82. The SMILES string of the molecule is C[C@H](c1ccc(F)cc1)C1(C(N)=O)CCC(NS(=O)(=O)c2ccc3cc(-c4ccccc4CO)[nH]c3c2)CC1. The van der Waals surface area contributed by atoms with Crippen LogP contribution < -0.4 is 10.5 Å². The number of halogens is 1. The van der Waals surface area contributed by atoms with E-state index in [1.807, 2.05) is 37.3 Å².